The summed E-state index contributed by atoms with van der Waals surface area (Å²) in [5, 5.41) is 3.78. The molecule has 0 saturated carbocycles. The number of nitrogens with zero attached hydrogens (tertiary/aromatic N) is 1. The van der Waals surface area contributed by atoms with Crippen LogP contribution in [0.2, 0.25) is 15.1 Å². The normalized spacial score (nSPS) is 10.3. The molecule has 2 N–H and O–H groups in total. The highest BCUT2D eigenvalue weighted by Crippen LogP contribution is 2.25. The number of hydrogen-bond donors (Lipinski definition) is 2. The molecule has 1 heterocycles. The molecule has 7 heteroatoms. The summed E-state index contributed by atoms with van der Waals surface area (Å²) >= 11 is 17.5. The number of rotatable bonds is 2. The second-order valence-electron chi connectivity index (χ2n) is 3.18. The van der Waals surface area contributed by atoms with E-state index in [4.69, 9.17) is 34.8 Å². The first kappa shape index (κ1) is 12.2. The standard InChI is InChI=1S/C10H6Cl3N3O/c11-5-1-6(12)3-7(2-5)16-9-8(13)10(17)15-4-14-9/h1-4H,(H2,14,15,16,17). The van der Waals surface area contributed by atoms with Crippen LogP contribution in [0.3, 0.4) is 0 Å². The second-order valence-corrected chi connectivity index (χ2v) is 4.43. The van der Waals surface area contributed by atoms with Crippen LogP contribution in [0.4, 0.5) is 11.5 Å². The van der Waals surface area contributed by atoms with E-state index in [1.54, 1.807) is 18.2 Å². The lowest BCUT2D eigenvalue weighted by Gasteiger charge is -2.07. The Kier molecular flexibility index (Phi) is 3.57. The van der Waals surface area contributed by atoms with Crippen LogP contribution >= 0.6 is 34.8 Å². The van der Waals surface area contributed by atoms with Gasteiger partial charge in [-0.2, -0.15) is 0 Å². The number of anilines is 2. The van der Waals surface area contributed by atoms with Gasteiger partial charge in [-0.15, -0.1) is 0 Å². The molecule has 0 aliphatic carbocycles. The van der Waals surface area contributed by atoms with Crippen LogP contribution in [-0.2, 0) is 0 Å². The van der Waals surface area contributed by atoms with E-state index in [2.05, 4.69) is 15.3 Å². The van der Waals surface area contributed by atoms with Crippen LogP contribution < -0.4 is 10.9 Å². The van der Waals surface area contributed by atoms with E-state index in [0.717, 1.165) is 0 Å². The van der Waals surface area contributed by atoms with Gasteiger partial charge in [0.15, 0.2) is 5.82 Å². The fourth-order valence-electron chi connectivity index (χ4n) is 1.23. The van der Waals surface area contributed by atoms with E-state index < -0.39 is 5.56 Å². The van der Waals surface area contributed by atoms with Gasteiger partial charge >= 0.3 is 0 Å². The van der Waals surface area contributed by atoms with Crippen LogP contribution in [0.15, 0.2) is 29.3 Å². The van der Waals surface area contributed by atoms with Crippen LogP contribution in [-0.4, -0.2) is 9.97 Å². The van der Waals surface area contributed by atoms with Crippen molar-refractivity contribution in [3.05, 3.63) is 49.9 Å². The Bertz CT molecular complexity index is 592. The number of aromatic amines is 1. The molecule has 2 rings (SSSR count). The highest BCUT2D eigenvalue weighted by Gasteiger charge is 2.06. The van der Waals surface area contributed by atoms with E-state index in [9.17, 15) is 4.79 Å². The molecule has 0 fully saturated rings. The molecule has 0 unspecified atom stereocenters. The van der Waals surface area contributed by atoms with Crippen molar-refractivity contribution in [3.63, 3.8) is 0 Å². The van der Waals surface area contributed by atoms with Gasteiger partial charge in [0.05, 0.1) is 6.33 Å². The molecule has 88 valence electrons. The van der Waals surface area contributed by atoms with Crippen molar-refractivity contribution < 1.29 is 0 Å². The lowest BCUT2D eigenvalue weighted by molar-refractivity contribution is 1.12. The molecule has 0 atom stereocenters. The largest absolute Gasteiger partial charge is 0.339 e. The van der Waals surface area contributed by atoms with Gasteiger partial charge < -0.3 is 10.3 Å². The molecule has 0 aliphatic heterocycles. The van der Waals surface area contributed by atoms with Crippen molar-refractivity contribution in [2.75, 3.05) is 5.32 Å². The highest BCUT2D eigenvalue weighted by atomic mass is 35.5. The Balaban J connectivity index is 2.38. The van der Waals surface area contributed by atoms with Gasteiger partial charge in [0.1, 0.15) is 5.02 Å². The van der Waals surface area contributed by atoms with Crippen LogP contribution in [0.5, 0.6) is 0 Å². The summed E-state index contributed by atoms with van der Waals surface area (Å²) in [6, 6.07) is 4.89. The molecule has 4 nitrogen and oxygen atoms in total. The SMILES string of the molecule is O=c1[nH]cnc(Nc2cc(Cl)cc(Cl)c2)c1Cl. The molecule has 0 aliphatic rings. The Morgan fingerprint density at radius 3 is 2.41 bits per heavy atom. The van der Waals surface area contributed by atoms with Crippen LogP contribution in [0, 0.1) is 0 Å². The Morgan fingerprint density at radius 1 is 1.12 bits per heavy atom. The predicted octanol–water partition coefficient (Wildman–Crippen LogP) is 3.47. The summed E-state index contributed by atoms with van der Waals surface area (Å²) in [5.41, 5.74) is 0.180. The summed E-state index contributed by atoms with van der Waals surface area (Å²) in [5.74, 6) is 0.244. The van der Waals surface area contributed by atoms with Crippen molar-refractivity contribution in [2.45, 2.75) is 0 Å². The Morgan fingerprint density at radius 2 is 1.76 bits per heavy atom. The molecule has 0 saturated heterocycles. The van der Waals surface area contributed by atoms with Crippen molar-refractivity contribution in [1.82, 2.24) is 9.97 Å². The van der Waals surface area contributed by atoms with Crippen molar-refractivity contribution in [2.24, 2.45) is 0 Å². The van der Waals surface area contributed by atoms with Gasteiger partial charge in [-0.05, 0) is 18.2 Å². The maximum absolute atomic E-state index is 11.2. The van der Waals surface area contributed by atoms with Crippen molar-refractivity contribution in [1.29, 1.82) is 0 Å². The number of benzene rings is 1. The zero-order valence-corrected chi connectivity index (χ0v) is 10.6. The lowest BCUT2D eigenvalue weighted by Crippen LogP contribution is -2.09. The van der Waals surface area contributed by atoms with Crippen molar-refractivity contribution >= 4 is 46.3 Å². The summed E-state index contributed by atoms with van der Waals surface area (Å²) < 4.78 is 0. The number of aromatic nitrogens is 2. The number of halogens is 3. The number of nitrogens with one attached hydrogen (secondary N) is 2. The third-order valence-corrected chi connectivity index (χ3v) is 2.71. The molecular formula is C10H6Cl3N3O. The average molecular weight is 291 g/mol. The zero-order chi connectivity index (χ0) is 12.4. The van der Waals surface area contributed by atoms with Gasteiger partial charge in [-0.25, -0.2) is 4.98 Å². The molecule has 1 aromatic carbocycles. The van der Waals surface area contributed by atoms with Gasteiger partial charge in [-0.3, -0.25) is 4.79 Å². The third-order valence-electron chi connectivity index (χ3n) is 1.92. The number of hydrogen-bond acceptors (Lipinski definition) is 3. The summed E-state index contributed by atoms with van der Waals surface area (Å²) in [6.07, 6.45) is 1.25. The second kappa shape index (κ2) is 4.96. The highest BCUT2D eigenvalue weighted by molar-refractivity contribution is 6.35. The van der Waals surface area contributed by atoms with E-state index in [1.165, 1.54) is 6.33 Å². The Hall–Kier alpha value is -1.23. The van der Waals surface area contributed by atoms with Crippen molar-refractivity contribution in [3.8, 4) is 0 Å². The van der Waals surface area contributed by atoms with Gasteiger partial charge in [-0.1, -0.05) is 34.8 Å². The smallest absolute Gasteiger partial charge is 0.271 e. The lowest BCUT2D eigenvalue weighted by atomic mass is 10.3. The topological polar surface area (TPSA) is 57.8 Å². The minimum Gasteiger partial charge on any atom is -0.339 e. The molecule has 0 radical (unpaired) electrons. The quantitative estimate of drug-likeness (QED) is 0.890. The molecule has 0 amide bonds. The monoisotopic (exact) mass is 289 g/mol. The molecule has 17 heavy (non-hydrogen) atoms. The number of H-pyrrole nitrogens is 1. The summed E-state index contributed by atoms with van der Waals surface area (Å²) in [4.78, 5) is 17.5. The predicted molar refractivity (Wildman–Crippen MR) is 69.6 cm³/mol. The van der Waals surface area contributed by atoms with Gasteiger partial charge in [0.2, 0.25) is 0 Å². The Labute approximate surface area is 112 Å². The molecular weight excluding hydrogens is 284 g/mol. The average Bonchev–Trinajstić information content (AvgIpc) is 2.23. The molecule has 0 spiro atoms. The fraction of sp³-hybridized carbons (Fsp3) is 0. The fourth-order valence-corrected chi connectivity index (χ4v) is 1.91. The molecule has 1 aromatic heterocycles. The molecule has 2 aromatic rings. The molecule has 0 bridgehead atoms. The van der Waals surface area contributed by atoms with E-state index in [1.807, 2.05) is 0 Å². The van der Waals surface area contributed by atoms with Gasteiger partial charge in [0.25, 0.3) is 5.56 Å². The van der Waals surface area contributed by atoms with E-state index in [-0.39, 0.29) is 10.8 Å². The van der Waals surface area contributed by atoms with Crippen LogP contribution in [0.25, 0.3) is 0 Å². The maximum Gasteiger partial charge on any atom is 0.271 e. The van der Waals surface area contributed by atoms with Crippen LogP contribution in [0.1, 0.15) is 0 Å². The zero-order valence-electron chi connectivity index (χ0n) is 8.30. The summed E-state index contributed by atoms with van der Waals surface area (Å²) in [7, 11) is 0. The van der Waals surface area contributed by atoms with E-state index >= 15 is 0 Å². The summed E-state index contributed by atoms with van der Waals surface area (Å²) in [6.45, 7) is 0. The van der Waals surface area contributed by atoms with E-state index in [0.29, 0.717) is 15.7 Å². The maximum atomic E-state index is 11.2. The minimum atomic E-state index is -0.419. The first-order valence-electron chi connectivity index (χ1n) is 4.52. The van der Waals surface area contributed by atoms with Gasteiger partial charge in [0, 0.05) is 15.7 Å². The first-order valence-corrected chi connectivity index (χ1v) is 5.66. The first-order chi connectivity index (χ1) is 8.06. The minimum absolute atomic E-state index is 0.0244. The third kappa shape index (κ3) is 2.91.